The van der Waals surface area contributed by atoms with E-state index in [1.54, 1.807) is 18.3 Å². The summed E-state index contributed by atoms with van der Waals surface area (Å²) in [5.74, 6) is -1.36. The molecule has 1 atom stereocenters. The van der Waals surface area contributed by atoms with Crippen molar-refractivity contribution in [3.63, 3.8) is 0 Å². The number of carboxylic acid groups (broad SMARTS) is 1. The number of aliphatic carboxylic acids is 1. The highest BCUT2D eigenvalue weighted by Gasteiger charge is 2.17. The number of rotatable bonds is 5. The van der Waals surface area contributed by atoms with Gasteiger partial charge in [0.1, 0.15) is 5.82 Å². The summed E-state index contributed by atoms with van der Waals surface area (Å²) >= 11 is 6.70. The van der Waals surface area contributed by atoms with Crippen LogP contribution in [0.15, 0.2) is 48.7 Å². The van der Waals surface area contributed by atoms with Crippen LogP contribution in [0.25, 0.3) is 10.1 Å². The van der Waals surface area contributed by atoms with Crippen LogP contribution in [0.1, 0.15) is 18.0 Å². The van der Waals surface area contributed by atoms with Crippen molar-refractivity contribution in [2.45, 2.75) is 12.5 Å². The van der Waals surface area contributed by atoms with Gasteiger partial charge in [0, 0.05) is 17.3 Å². The highest BCUT2D eigenvalue weighted by atomic mass is 32.1. The standard InChI is InChI=1S/C17H14FN3O2S2/c18-12-3-1-10(2-4-12)14(8-16(22)23)21-17(24)20-13-5-6-15-11(7-13)9-19-25-15/h1-7,9,14H,8H2,(H,22,23)(H2,20,21,24). The molecule has 25 heavy (non-hydrogen) atoms. The molecule has 1 unspecified atom stereocenters. The van der Waals surface area contributed by atoms with E-state index >= 15 is 0 Å². The van der Waals surface area contributed by atoms with Gasteiger partial charge in [-0.3, -0.25) is 4.79 Å². The number of anilines is 1. The summed E-state index contributed by atoms with van der Waals surface area (Å²) in [5.41, 5.74) is 1.42. The van der Waals surface area contributed by atoms with E-state index < -0.39 is 12.0 Å². The molecule has 3 aromatic rings. The summed E-state index contributed by atoms with van der Waals surface area (Å²) < 4.78 is 18.3. The van der Waals surface area contributed by atoms with Crippen molar-refractivity contribution in [2.24, 2.45) is 0 Å². The average Bonchev–Trinajstić information content (AvgIpc) is 3.02. The molecule has 0 amide bonds. The van der Waals surface area contributed by atoms with Crippen LogP contribution in [0.5, 0.6) is 0 Å². The number of aromatic nitrogens is 1. The van der Waals surface area contributed by atoms with E-state index in [0.29, 0.717) is 5.56 Å². The lowest BCUT2D eigenvalue weighted by Gasteiger charge is -2.20. The first kappa shape index (κ1) is 17.2. The van der Waals surface area contributed by atoms with E-state index in [-0.39, 0.29) is 17.4 Å². The number of carbonyl (C=O) groups is 1. The van der Waals surface area contributed by atoms with E-state index in [0.717, 1.165) is 15.8 Å². The Balaban J connectivity index is 1.72. The van der Waals surface area contributed by atoms with Crippen LogP contribution in [-0.4, -0.2) is 20.6 Å². The van der Waals surface area contributed by atoms with Crippen LogP contribution in [0.2, 0.25) is 0 Å². The van der Waals surface area contributed by atoms with Gasteiger partial charge in [-0.15, -0.1) is 0 Å². The number of benzene rings is 2. The molecule has 0 aliphatic heterocycles. The maximum absolute atomic E-state index is 13.1. The number of thiocarbonyl (C=S) groups is 1. The molecule has 0 fully saturated rings. The van der Waals surface area contributed by atoms with Gasteiger partial charge in [-0.2, -0.15) is 4.37 Å². The fraction of sp³-hybridized carbons (Fsp3) is 0.118. The minimum atomic E-state index is -0.976. The topological polar surface area (TPSA) is 74.2 Å². The average molecular weight is 375 g/mol. The zero-order valence-electron chi connectivity index (χ0n) is 12.9. The molecule has 0 radical (unpaired) electrons. The minimum absolute atomic E-state index is 0.180. The predicted octanol–water partition coefficient (Wildman–Crippen LogP) is 3.94. The normalized spacial score (nSPS) is 11.9. The van der Waals surface area contributed by atoms with E-state index in [4.69, 9.17) is 17.3 Å². The zero-order chi connectivity index (χ0) is 17.8. The number of fused-ring (bicyclic) bond motifs is 1. The molecule has 8 heteroatoms. The van der Waals surface area contributed by atoms with Gasteiger partial charge in [0.15, 0.2) is 5.11 Å². The molecular weight excluding hydrogens is 361 g/mol. The molecule has 3 rings (SSSR count). The van der Waals surface area contributed by atoms with Crippen LogP contribution >= 0.6 is 23.8 Å². The van der Waals surface area contributed by atoms with Gasteiger partial charge in [0.2, 0.25) is 0 Å². The molecule has 2 aromatic carbocycles. The summed E-state index contributed by atoms with van der Waals surface area (Å²) in [5, 5.41) is 16.4. The van der Waals surface area contributed by atoms with Gasteiger partial charge >= 0.3 is 5.97 Å². The molecule has 0 saturated carbocycles. The Morgan fingerprint density at radius 1 is 1.28 bits per heavy atom. The van der Waals surface area contributed by atoms with Crippen molar-refractivity contribution in [2.75, 3.05) is 5.32 Å². The summed E-state index contributed by atoms with van der Waals surface area (Å²) in [7, 11) is 0. The summed E-state index contributed by atoms with van der Waals surface area (Å²) in [4.78, 5) is 11.1. The van der Waals surface area contributed by atoms with Crippen molar-refractivity contribution in [1.29, 1.82) is 0 Å². The Morgan fingerprint density at radius 2 is 2.04 bits per heavy atom. The first-order chi connectivity index (χ1) is 12.0. The lowest BCUT2D eigenvalue weighted by atomic mass is 10.0. The Bertz CT molecular complexity index is 912. The van der Waals surface area contributed by atoms with Crippen molar-refractivity contribution in [3.8, 4) is 0 Å². The van der Waals surface area contributed by atoms with Crippen LogP contribution in [0, 0.1) is 5.82 Å². The molecule has 128 valence electrons. The van der Waals surface area contributed by atoms with Gasteiger partial charge < -0.3 is 15.7 Å². The molecule has 5 nitrogen and oxygen atoms in total. The molecule has 0 spiro atoms. The molecule has 1 aromatic heterocycles. The van der Waals surface area contributed by atoms with Gasteiger partial charge in [0.25, 0.3) is 0 Å². The van der Waals surface area contributed by atoms with Gasteiger partial charge in [-0.1, -0.05) is 12.1 Å². The summed E-state index contributed by atoms with van der Waals surface area (Å²) in [6.07, 6.45) is 1.59. The quantitative estimate of drug-likeness (QED) is 0.587. The lowest BCUT2D eigenvalue weighted by molar-refractivity contribution is -0.137. The molecule has 0 saturated heterocycles. The number of halogens is 1. The zero-order valence-corrected chi connectivity index (χ0v) is 14.5. The number of hydrogen-bond acceptors (Lipinski definition) is 4. The second kappa shape index (κ2) is 7.54. The van der Waals surface area contributed by atoms with Gasteiger partial charge in [-0.25, -0.2) is 4.39 Å². The third-order valence-corrected chi connectivity index (χ3v) is 4.57. The number of nitrogens with zero attached hydrogens (tertiary/aromatic N) is 1. The van der Waals surface area contributed by atoms with E-state index in [1.165, 1.54) is 23.7 Å². The molecule has 3 N–H and O–H groups in total. The molecular formula is C17H14FN3O2S2. The SMILES string of the molecule is O=C(O)CC(NC(=S)Nc1ccc2sncc2c1)c1ccc(F)cc1. The second-order valence-electron chi connectivity index (χ2n) is 5.38. The molecule has 0 aliphatic carbocycles. The Morgan fingerprint density at radius 3 is 2.76 bits per heavy atom. The highest BCUT2D eigenvalue weighted by molar-refractivity contribution is 7.80. The number of hydrogen-bond donors (Lipinski definition) is 3. The minimum Gasteiger partial charge on any atom is -0.481 e. The fourth-order valence-corrected chi connectivity index (χ4v) is 3.28. The number of carboxylic acids is 1. The first-order valence-corrected chi connectivity index (χ1v) is 8.58. The van der Waals surface area contributed by atoms with E-state index in [1.807, 2.05) is 18.2 Å². The van der Waals surface area contributed by atoms with Crippen molar-refractivity contribution in [3.05, 3.63) is 60.0 Å². The second-order valence-corrected chi connectivity index (χ2v) is 6.62. The van der Waals surface area contributed by atoms with E-state index in [9.17, 15) is 9.18 Å². The smallest absolute Gasteiger partial charge is 0.305 e. The lowest BCUT2D eigenvalue weighted by Crippen LogP contribution is -2.33. The molecule has 0 bridgehead atoms. The Kier molecular flexibility index (Phi) is 5.20. The van der Waals surface area contributed by atoms with Gasteiger partial charge in [-0.05, 0) is 59.6 Å². The van der Waals surface area contributed by atoms with Crippen LogP contribution in [0.3, 0.4) is 0 Å². The maximum atomic E-state index is 13.1. The third kappa shape index (κ3) is 4.49. The van der Waals surface area contributed by atoms with Crippen molar-refractivity contribution >= 4 is 50.6 Å². The van der Waals surface area contributed by atoms with Crippen LogP contribution in [-0.2, 0) is 4.79 Å². The largest absolute Gasteiger partial charge is 0.481 e. The highest BCUT2D eigenvalue weighted by Crippen LogP contribution is 2.22. The Labute approximate surface area is 152 Å². The van der Waals surface area contributed by atoms with Crippen molar-refractivity contribution in [1.82, 2.24) is 9.69 Å². The van der Waals surface area contributed by atoms with Crippen molar-refractivity contribution < 1.29 is 14.3 Å². The maximum Gasteiger partial charge on any atom is 0.305 e. The summed E-state index contributed by atoms with van der Waals surface area (Å²) in [6.45, 7) is 0. The fourth-order valence-electron chi connectivity index (χ4n) is 2.40. The predicted molar refractivity (Wildman–Crippen MR) is 100 cm³/mol. The first-order valence-electron chi connectivity index (χ1n) is 7.40. The van der Waals surface area contributed by atoms with Crippen LogP contribution in [0.4, 0.5) is 10.1 Å². The van der Waals surface area contributed by atoms with E-state index in [2.05, 4.69) is 15.0 Å². The molecule has 1 heterocycles. The van der Waals surface area contributed by atoms with Gasteiger partial charge in [0.05, 0.1) is 17.2 Å². The summed E-state index contributed by atoms with van der Waals surface area (Å²) in [6, 6.07) is 10.8. The molecule has 0 aliphatic rings. The Hall–Kier alpha value is -2.58. The third-order valence-electron chi connectivity index (χ3n) is 3.57. The number of nitrogens with one attached hydrogen (secondary N) is 2. The monoisotopic (exact) mass is 375 g/mol. The van der Waals surface area contributed by atoms with Crippen LogP contribution < -0.4 is 10.6 Å².